The Morgan fingerprint density at radius 1 is 1.10 bits per heavy atom. The van der Waals surface area contributed by atoms with Crippen LogP contribution in [0.15, 0.2) is 48.7 Å². The summed E-state index contributed by atoms with van der Waals surface area (Å²) >= 11 is 11.9. The minimum absolute atomic E-state index is 0.0172. The zero-order valence-electron chi connectivity index (χ0n) is 10.5. The SMILES string of the molecule is O=C(Cc1c[nH]c2ccccc12)c1ccc(Cl)cc1Cl. The Balaban J connectivity index is 1.92. The van der Waals surface area contributed by atoms with Gasteiger partial charge in [0.1, 0.15) is 0 Å². The molecule has 0 radical (unpaired) electrons. The third kappa shape index (κ3) is 2.45. The van der Waals surface area contributed by atoms with Crippen molar-refractivity contribution in [3.63, 3.8) is 0 Å². The number of carbonyl (C=O) groups is 1. The summed E-state index contributed by atoms with van der Waals surface area (Å²) in [6.07, 6.45) is 2.18. The zero-order valence-corrected chi connectivity index (χ0v) is 12.0. The van der Waals surface area contributed by atoms with Gasteiger partial charge >= 0.3 is 0 Å². The number of Topliss-reactive ketones (excluding diaryl/α,β-unsaturated/α-hetero) is 1. The first-order chi connectivity index (χ1) is 9.65. The minimum atomic E-state index is -0.0172. The van der Waals surface area contributed by atoms with Crippen LogP contribution in [0.3, 0.4) is 0 Å². The highest BCUT2D eigenvalue weighted by molar-refractivity contribution is 6.36. The Kier molecular flexibility index (Phi) is 3.51. The van der Waals surface area contributed by atoms with Crippen molar-refractivity contribution in [1.82, 2.24) is 4.98 Å². The summed E-state index contributed by atoms with van der Waals surface area (Å²) in [5.74, 6) is -0.0172. The Bertz CT molecular complexity index is 792. The maximum atomic E-state index is 12.3. The molecule has 100 valence electrons. The standard InChI is InChI=1S/C16H11Cl2NO/c17-11-5-6-13(14(18)8-11)16(20)7-10-9-19-15-4-2-1-3-12(10)15/h1-6,8-9,19H,7H2. The third-order valence-corrected chi connectivity index (χ3v) is 3.81. The van der Waals surface area contributed by atoms with Crippen molar-refractivity contribution in [2.75, 3.05) is 0 Å². The summed E-state index contributed by atoms with van der Waals surface area (Å²) < 4.78 is 0. The maximum absolute atomic E-state index is 12.3. The highest BCUT2D eigenvalue weighted by Crippen LogP contribution is 2.24. The van der Waals surface area contributed by atoms with Crippen LogP contribution in [0, 0.1) is 0 Å². The fraction of sp³-hybridized carbons (Fsp3) is 0.0625. The van der Waals surface area contributed by atoms with Gasteiger partial charge in [-0.15, -0.1) is 0 Å². The lowest BCUT2D eigenvalue weighted by molar-refractivity contribution is 0.0993. The van der Waals surface area contributed by atoms with E-state index in [4.69, 9.17) is 23.2 Å². The molecule has 1 N–H and O–H groups in total. The van der Waals surface area contributed by atoms with Gasteiger partial charge in [0, 0.05) is 34.1 Å². The summed E-state index contributed by atoms with van der Waals surface area (Å²) in [6, 6.07) is 12.8. The van der Waals surface area contributed by atoms with E-state index in [9.17, 15) is 4.79 Å². The molecule has 2 nitrogen and oxygen atoms in total. The molecule has 0 aliphatic carbocycles. The molecule has 2 aromatic carbocycles. The topological polar surface area (TPSA) is 32.9 Å². The Morgan fingerprint density at radius 2 is 1.90 bits per heavy atom. The van der Waals surface area contributed by atoms with Gasteiger partial charge in [0.2, 0.25) is 0 Å². The number of hydrogen-bond acceptors (Lipinski definition) is 1. The van der Waals surface area contributed by atoms with E-state index in [2.05, 4.69) is 4.98 Å². The molecule has 0 aliphatic rings. The molecular formula is C16H11Cl2NO. The van der Waals surface area contributed by atoms with Crippen molar-refractivity contribution in [2.24, 2.45) is 0 Å². The Hall–Kier alpha value is -1.77. The van der Waals surface area contributed by atoms with Gasteiger partial charge in [-0.05, 0) is 29.8 Å². The molecule has 1 aromatic heterocycles. The van der Waals surface area contributed by atoms with Crippen LogP contribution in [0.5, 0.6) is 0 Å². The zero-order chi connectivity index (χ0) is 14.1. The molecule has 0 spiro atoms. The largest absolute Gasteiger partial charge is 0.361 e. The molecule has 0 saturated heterocycles. The Labute approximate surface area is 126 Å². The number of nitrogens with one attached hydrogen (secondary N) is 1. The van der Waals surface area contributed by atoms with Gasteiger partial charge in [-0.2, -0.15) is 0 Å². The molecule has 0 unspecified atom stereocenters. The predicted molar refractivity (Wildman–Crippen MR) is 82.8 cm³/mol. The molecule has 0 fully saturated rings. The van der Waals surface area contributed by atoms with Gasteiger partial charge < -0.3 is 4.98 Å². The summed E-state index contributed by atoms with van der Waals surface area (Å²) in [5.41, 5.74) is 2.50. The predicted octanol–water partition coefficient (Wildman–Crippen LogP) is 4.90. The quantitative estimate of drug-likeness (QED) is 0.686. The lowest BCUT2D eigenvalue weighted by Gasteiger charge is -2.03. The fourth-order valence-corrected chi connectivity index (χ4v) is 2.78. The first-order valence-corrected chi connectivity index (χ1v) is 6.94. The van der Waals surface area contributed by atoms with Crippen LogP contribution in [-0.4, -0.2) is 10.8 Å². The number of H-pyrrole nitrogens is 1. The number of fused-ring (bicyclic) bond motifs is 1. The molecular weight excluding hydrogens is 293 g/mol. The van der Waals surface area contributed by atoms with E-state index in [0.717, 1.165) is 16.5 Å². The molecule has 3 aromatic rings. The van der Waals surface area contributed by atoms with Crippen molar-refractivity contribution in [1.29, 1.82) is 0 Å². The molecule has 0 atom stereocenters. The first-order valence-electron chi connectivity index (χ1n) is 6.18. The van der Waals surface area contributed by atoms with E-state index in [0.29, 0.717) is 22.0 Å². The van der Waals surface area contributed by atoms with Crippen LogP contribution in [0.4, 0.5) is 0 Å². The molecule has 0 aliphatic heterocycles. The van der Waals surface area contributed by atoms with Gasteiger partial charge in [-0.1, -0.05) is 41.4 Å². The van der Waals surface area contributed by atoms with Crippen molar-refractivity contribution in [3.05, 3.63) is 69.8 Å². The van der Waals surface area contributed by atoms with E-state index in [-0.39, 0.29) is 5.78 Å². The number of para-hydroxylation sites is 1. The average molecular weight is 304 g/mol. The maximum Gasteiger partial charge on any atom is 0.168 e. The van der Waals surface area contributed by atoms with E-state index in [1.807, 2.05) is 30.5 Å². The molecule has 0 amide bonds. The van der Waals surface area contributed by atoms with Crippen LogP contribution in [-0.2, 0) is 6.42 Å². The second-order valence-corrected chi connectivity index (χ2v) is 5.43. The van der Waals surface area contributed by atoms with E-state index in [1.54, 1.807) is 18.2 Å². The monoisotopic (exact) mass is 303 g/mol. The number of benzene rings is 2. The molecule has 4 heteroatoms. The molecule has 3 rings (SSSR count). The summed E-state index contributed by atoms with van der Waals surface area (Å²) in [6.45, 7) is 0. The number of hydrogen-bond donors (Lipinski definition) is 1. The van der Waals surface area contributed by atoms with Crippen molar-refractivity contribution < 1.29 is 4.79 Å². The smallest absolute Gasteiger partial charge is 0.168 e. The van der Waals surface area contributed by atoms with E-state index < -0.39 is 0 Å². The second-order valence-electron chi connectivity index (χ2n) is 4.58. The van der Waals surface area contributed by atoms with Crippen LogP contribution in [0.25, 0.3) is 10.9 Å². The number of carbonyl (C=O) groups excluding carboxylic acids is 1. The van der Waals surface area contributed by atoms with Crippen molar-refractivity contribution in [3.8, 4) is 0 Å². The number of ketones is 1. The second kappa shape index (κ2) is 5.31. The van der Waals surface area contributed by atoms with Gasteiger partial charge in [-0.25, -0.2) is 0 Å². The summed E-state index contributed by atoms with van der Waals surface area (Å²) in [4.78, 5) is 15.5. The normalized spacial score (nSPS) is 10.9. The van der Waals surface area contributed by atoms with E-state index in [1.165, 1.54) is 0 Å². The summed E-state index contributed by atoms with van der Waals surface area (Å²) in [5, 5.41) is 1.98. The van der Waals surface area contributed by atoms with Gasteiger partial charge in [0.05, 0.1) is 5.02 Å². The Morgan fingerprint density at radius 3 is 2.70 bits per heavy atom. The molecule has 20 heavy (non-hydrogen) atoms. The number of halogens is 2. The van der Waals surface area contributed by atoms with E-state index >= 15 is 0 Å². The summed E-state index contributed by atoms with van der Waals surface area (Å²) in [7, 11) is 0. The van der Waals surface area contributed by atoms with Gasteiger partial charge in [-0.3, -0.25) is 4.79 Å². The van der Waals surface area contributed by atoms with Crippen LogP contribution in [0.2, 0.25) is 10.0 Å². The average Bonchev–Trinajstić information content (AvgIpc) is 2.82. The van der Waals surface area contributed by atoms with Crippen LogP contribution in [0.1, 0.15) is 15.9 Å². The van der Waals surface area contributed by atoms with Crippen LogP contribution < -0.4 is 0 Å². The highest BCUT2D eigenvalue weighted by Gasteiger charge is 2.13. The molecule has 0 saturated carbocycles. The minimum Gasteiger partial charge on any atom is -0.361 e. The van der Waals surface area contributed by atoms with Crippen molar-refractivity contribution in [2.45, 2.75) is 6.42 Å². The lowest BCUT2D eigenvalue weighted by atomic mass is 10.0. The third-order valence-electron chi connectivity index (χ3n) is 3.26. The first kappa shape index (κ1) is 13.2. The molecule has 1 heterocycles. The van der Waals surface area contributed by atoms with Crippen LogP contribution >= 0.6 is 23.2 Å². The number of aromatic nitrogens is 1. The highest BCUT2D eigenvalue weighted by atomic mass is 35.5. The molecule has 0 bridgehead atoms. The van der Waals surface area contributed by atoms with Gasteiger partial charge in [0.25, 0.3) is 0 Å². The van der Waals surface area contributed by atoms with Gasteiger partial charge in [0.15, 0.2) is 5.78 Å². The van der Waals surface area contributed by atoms with Crippen molar-refractivity contribution >= 4 is 39.9 Å². The number of rotatable bonds is 3. The number of aromatic amines is 1. The fourth-order valence-electron chi connectivity index (χ4n) is 2.26. The lowest BCUT2D eigenvalue weighted by Crippen LogP contribution is -2.03.